The standard InChI is InChI=1S/C28H33N/c1-18-10-9-11-19(2)25(18)21-13-15-24(29-17-21)20-12-14-22-23(16-20)27(5,6)28(7,8)26(22,3)4/h9-17H,1-8H3. The molecule has 0 unspecified atom stereocenters. The minimum Gasteiger partial charge on any atom is -0.256 e. The molecular formula is C28H33N. The van der Waals surface area contributed by atoms with Crippen LogP contribution in [0, 0.1) is 19.3 Å². The summed E-state index contributed by atoms with van der Waals surface area (Å²) in [6, 6.07) is 17.8. The van der Waals surface area contributed by atoms with E-state index in [1.54, 1.807) is 0 Å². The first kappa shape index (κ1) is 19.9. The Morgan fingerprint density at radius 1 is 0.655 bits per heavy atom. The number of aromatic nitrogens is 1. The van der Waals surface area contributed by atoms with Gasteiger partial charge in [0.15, 0.2) is 0 Å². The minimum absolute atomic E-state index is 0.111. The molecule has 1 aliphatic rings. The second kappa shape index (κ2) is 6.29. The van der Waals surface area contributed by atoms with E-state index in [4.69, 9.17) is 4.98 Å². The van der Waals surface area contributed by atoms with Gasteiger partial charge in [-0.1, -0.05) is 77.9 Å². The Hall–Kier alpha value is -2.41. The van der Waals surface area contributed by atoms with Gasteiger partial charge in [-0.15, -0.1) is 0 Å². The molecule has 0 bridgehead atoms. The summed E-state index contributed by atoms with van der Waals surface area (Å²) in [5, 5.41) is 0. The van der Waals surface area contributed by atoms with Gasteiger partial charge in [-0.25, -0.2) is 0 Å². The first-order valence-electron chi connectivity index (χ1n) is 10.7. The van der Waals surface area contributed by atoms with Crippen molar-refractivity contribution in [2.24, 2.45) is 5.41 Å². The Morgan fingerprint density at radius 3 is 1.83 bits per heavy atom. The SMILES string of the molecule is Cc1cccc(C)c1-c1ccc(-c2ccc3c(c2)C(C)(C)C(C)(C)C3(C)C)nc1. The average molecular weight is 384 g/mol. The van der Waals surface area contributed by atoms with Crippen molar-refractivity contribution in [2.75, 3.05) is 0 Å². The fraction of sp³-hybridized carbons (Fsp3) is 0.393. The highest BCUT2D eigenvalue weighted by atomic mass is 14.7. The van der Waals surface area contributed by atoms with Gasteiger partial charge in [0.1, 0.15) is 0 Å². The van der Waals surface area contributed by atoms with Gasteiger partial charge >= 0.3 is 0 Å². The van der Waals surface area contributed by atoms with Gasteiger partial charge in [-0.2, -0.15) is 0 Å². The van der Waals surface area contributed by atoms with Crippen molar-refractivity contribution in [1.82, 2.24) is 4.98 Å². The number of fused-ring (bicyclic) bond motifs is 1. The van der Waals surface area contributed by atoms with Crippen molar-refractivity contribution in [3.63, 3.8) is 0 Å². The molecule has 0 saturated carbocycles. The zero-order valence-corrected chi connectivity index (χ0v) is 19.1. The van der Waals surface area contributed by atoms with Crippen molar-refractivity contribution < 1.29 is 0 Å². The molecule has 1 heteroatoms. The fourth-order valence-electron chi connectivity index (χ4n) is 5.20. The van der Waals surface area contributed by atoms with Gasteiger partial charge in [0, 0.05) is 17.3 Å². The van der Waals surface area contributed by atoms with Crippen LogP contribution in [-0.2, 0) is 10.8 Å². The Bertz CT molecular complexity index is 1060. The van der Waals surface area contributed by atoms with E-state index in [9.17, 15) is 0 Å². The number of aryl methyl sites for hydroxylation is 2. The largest absolute Gasteiger partial charge is 0.256 e. The summed E-state index contributed by atoms with van der Waals surface area (Å²) >= 11 is 0. The first-order chi connectivity index (χ1) is 13.5. The molecule has 1 aromatic heterocycles. The normalized spacial score (nSPS) is 18.5. The van der Waals surface area contributed by atoms with Crippen molar-refractivity contribution >= 4 is 0 Å². The summed E-state index contributed by atoms with van der Waals surface area (Å²) in [7, 11) is 0. The summed E-state index contributed by atoms with van der Waals surface area (Å²) in [6.45, 7) is 18.7. The van der Waals surface area contributed by atoms with Gasteiger partial charge < -0.3 is 0 Å². The highest BCUT2D eigenvalue weighted by Gasteiger charge is 2.56. The lowest BCUT2D eigenvalue weighted by molar-refractivity contribution is 0.125. The van der Waals surface area contributed by atoms with Gasteiger partial charge in [0.25, 0.3) is 0 Å². The zero-order chi connectivity index (χ0) is 21.2. The maximum absolute atomic E-state index is 4.85. The molecule has 0 aliphatic heterocycles. The molecule has 0 spiro atoms. The molecular weight excluding hydrogens is 350 g/mol. The molecule has 2 aromatic carbocycles. The minimum atomic E-state index is 0.111. The molecule has 0 fully saturated rings. The van der Waals surface area contributed by atoms with Crippen LogP contribution in [0.25, 0.3) is 22.4 Å². The number of nitrogens with zero attached hydrogens (tertiary/aromatic N) is 1. The van der Waals surface area contributed by atoms with Crippen LogP contribution in [-0.4, -0.2) is 4.98 Å². The monoisotopic (exact) mass is 383 g/mol. The van der Waals surface area contributed by atoms with Crippen LogP contribution in [0.3, 0.4) is 0 Å². The quantitative estimate of drug-likeness (QED) is 0.443. The molecule has 4 rings (SSSR count). The summed E-state index contributed by atoms with van der Waals surface area (Å²) in [6.07, 6.45) is 2.02. The molecule has 0 amide bonds. The van der Waals surface area contributed by atoms with Gasteiger partial charge in [0.2, 0.25) is 0 Å². The van der Waals surface area contributed by atoms with E-state index in [0.717, 1.165) is 5.69 Å². The average Bonchev–Trinajstić information content (AvgIpc) is 2.77. The zero-order valence-electron chi connectivity index (χ0n) is 19.1. The second-order valence-electron chi connectivity index (χ2n) is 10.3. The second-order valence-corrected chi connectivity index (χ2v) is 10.3. The molecule has 150 valence electrons. The Kier molecular flexibility index (Phi) is 4.31. The topological polar surface area (TPSA) is 12.9 Å². The molecule has 0 N–H and O–H groups in total. The lowest BCUT2D eigenvalue weighted by Gasteiger charge is -2.44. The highest BCUT2D eigenvalue weighted by molar-refractivity contribution is 5.72. The van der Waals surface area contributed by atoms with Crippen LogP contribution in [0.4, 0.5) is 0 Å². The number of hydrogen-bond donors (Lipinski definition) is 0. The third-order valence-corrected chi connectivity index (χ3v) is 8.32. The summed E-state index contributed by atoms with van der Waals surface area (Å²) < 4.78 is 0. The lowest BCUT2D eigenvalue weighted by Crippen LogP contribution is -2.42. The van der Waals surface area contributed by atoms with Crippen LogP contribution < -0.4 is 0 Å². The molecule has 0 radical (unpaired) electrons. The summed E-state index contributed by atoms with van der Waals surface area (Å²) in [5.41, 5.74) is 10.7. The molecule has 1 heterocycles. The van der Waals surface area contributed by atoms with Gasteiger partial charge in [-0.05, 0) is 70.0 Å². The molecule has 1 nitrogen and oxygen atoms in total. The molecule has 3 aromatic rings. The van der Waals surface area contributed by atoms with Gasteiger partial charge in [0.05, 0.1) is 5.69 Å². The number of pyridine rings is 1. The smallest absolute Gasteiger partial charge is 0.0702 e. The summed E-state index contributed by atoms with van der Waals surface area (Å²) in [4.78, 5) is 4.85. The van der Waals surface area contributed by atoms with E-state index in [1.165, 1.54) is 38.9 Å². The number of hydrogen-bond acceptors (Lipinski definition) is 1. The van der Waals surface area contributed by atoms with E-state index in [-0.39, 0.29) is 16.2 Å². The van der Waals surface area contributed by atoms with Crippen LogP contribution in [0.1, 0.15) is 63.8 Å². The predicted molar refractivity (Wildman–Crippen MR) is 124 cm³/mol. The van der Waals surface area contributed by atoms with Crippen LogP contribution in [0.2, 0.25) is 0 Å². The van der Waals surface area contributed by atoms with Crippen molar-refractivity contribution in [3.05, 3.63) is 77.0 Å². The Morgan fingerprint density at radius 2 is 1.24 bits per heavy atom. The third-order valence-electron chi connectivity index (χ3n) is 8.32. The van der Waals surface area contributed by atoms with Crippen molar-refractivity contribution in [1.29, 1.82) is 0 Å². The van der Waals surface area contributed by atoms with Crippen LogP contribution in [0.5, 0.6) is 0 Å². The first-order valence-corrected chi connectivity index (χ1v) is 10.7. The fourth-order valence-corrected chi connectivity index (χ4v) is 5.20. The number of benzene rings is 2. The highest BCUT2D eigenvalue weighted by Crippen LogP contribution is 2.61. The van der Waals surface area contributed by atoms with Crippen LogP contribution in [0.15, 0.2) is 54.7 Å². The van der Waals surface area contributed by atoms with E-state index in [0.29, 0.717) is 0 Å². The van der Waals surface area contributed by atoms with Crippen LogP contribution >= 0.6 is 0 Å². The molecule has 1 aliphatic carbocycles. The Labute approximate surface area is 176 Å². The predicted octanol–water partition coefficient (Wildman–Crippen LogP) is 7.63. The van der Waals surface area contributed by atoms with Gasteiger partial charge in [-0.3, -0.25) is 4.98 Å². The van der Waals surface area contributed by atoms with E-state index in [1.807, 2.05) is 6.20 Å². The van der Waals surface area contributed by atoms with E-state index in [2.05, 4.69) is 104 Å². The maximum Gasteiger partial charge on any atom is 0.0702 e. The molecule has 0 atom stereocenters. The van der Waals surface area contributed by atoms with Crippen molar-refractivity contribution in [2.45, 2.75) is 66.2 Å². The third kappa shape index (κ3) is 2.70. The molecule has 0 saturated heterocycles. The maximum atomic E-state index is 4.85. The van der Waals surface area contributed by atoms with E-state index < -0.39 is 0 Å². The van der Waals surface area contributed by atoms with E-state index >= 15 is 0 Å². The summed E-state index contributed by atoms with van der Waals surface area (Å²) in [5.74, 6) is 0. The lowest BCUT2D eigenvalue weighted by atomic mass is 9.59. The molecule has 29 heavy (non-hydrogen) atoms. The van der Waals surface area contributed by atoms with Crippen molar-refractivity contribution in [3.8, 4) is 22.4 Å². The number of rotatable bonds is 2. The Balaban J connectivity index is 1.77.